The van der Waals surface area contributed by atoms with Gasteiger partial charge in [0.1, 0.15) is 23.7 Å². The summed E-state index contributed by atoms with van der Waals surface area (Å²) in [5.74, 6) is 1.08. The lowest BCUT2D eigenvalue weighted by molar-refractivity contribution is -0.0432. The molecule has 0 spiro atoms. The number of hydrogen-bond acceptors (Lipinski definition) is 7. The number of rotatable bonds is 10. The van der Waals surface area contributed by atoms with Gasteiger partial charge in [0.15, 0.2) is 11.5 Å². The van der Waals surface area contributed by atoms with E-state index in [1.54, 1.807) is 10.9 Å². The molecule has 1 aliphatic heterocycles. The first-order valence-corrected chi connectivity index (χ1v) is 10.1. The number of aliphatic hydroxyl groups excluding tert-OH is 2. The first-order chi connectivity index (χ1) is 13.1. The summed E-state index contributed by atoms with van der Waals surface area (Å²) in [6.45, 7) is 2.01. The second-order valence-electron chi connectivity index (χ2n) is 7.34. The van der Waals surface area contributed by atoms with E-state index in [0.29, 0.717) is 29.2 Å². The number of aromatic nitrogens is 4. The zero-order valence-electron chi connectivity index (χ0n) is 16.0. The molecular weight excluding hydrogens is 346 g/mol. The number of imidazole rings is 1. The van der Waals surface area contributed by atoms with Crippen LogP contribution in [-0.2, 0) is 11.2 Å². The lowest BCUT2D eigenvalue weighted by atomic mass is 10.1. The quantitative estimate of drug-likeness (QED) is 0.544. The molecule has 8 heteroatoms. The fourth-order valence-electron chi connectivity index (χ4n) is 3.60. The van der Waals surface area contributed by atoms with E-state index in [9.17, 15) is 10.2 Å². The molecule has 0 aromatic carbocycles. The molecule has 0 saturated carbocycles. The molecule has 0 amide bonds. The summed E-state index contributed by atoms with van der Waals surface area (Å²) in [7, 11) is 0. The van der Waals surface area contributed by atoms with E-state index in [4.69, 9.17) is 10.5 Å². The number of hydrogen-bond donors (Lipinski definition) is 3. The maximum atomic E-state index is 9.98. The third-order valence-corrected chi connectivity index (χ3v) is 5.19. The number of aliphatic hydroxyl groups is 2. The first kappa shape index (κ1) is 20.0. The Kier molecular flexibility index (Phi) is 6.98. The van der Waals surface area contributed by atoms with Gasteiger partial charge in [-0.1, -0.05) is 45.4 Å². The van der Waals surface area contributed by atoms with Gasteiger partial charge >= 0.3 is 0 Å². The third-order valence-electron chi connectivity index (χ3n) is 5.19. The van der Waals surface area contributed by atoms with Crippen molar-refractivity contribution in [1.82, 2.24) is 19.5 Å². The Bertz CT molecular complexity index is 735. The number of nitrogens with zero attached hydrogens (tertiary/aromatic N) is 4. The van der Waals surface area contributed by atoms with Crippen molar-refractivity contribution in [3.05, 3.63) is 12.2 Å². The van der Waals surface area contributed by atoms with Crippen molar-refractivity contribution in [2.75, 3.05) is 12.3 Å². The minimum absolute atomic E-state index is 0.217. The molecule has 2 aromatic heterocycles. The van der Waals surface area contributed by atoms with Gasteiger partial charge in [0.2, 0.25) is 0 Å². The molecule has 27 heavy (non-hydrogen) atoms. The van der Waals surface area contributed by atoms with Crippen molar-refractivity contribution in [2.45, 2.75) is 83.1 Å². The zero-order chi connectivity index (χ0) is 19.2. The number of fused-ring (bicyclic) bond motifs is 1. The highest BCUT2D eigenvalue weighted by atomic mass is 16.5. The second-order valence-corrected chi connectivity index (χ2v) is 7.34. The molecule has 0 radical (unpaired) electrons. The molecule has 0 aliphatic carbocycles. The summed E-state index contributed by atoms with van der Waals surface area (Å²) in [4.78, 5) is 13.4. The van der Waals surface area contributed by atoms with E-state index >= 15 is 0 Å². The van der Waals surface area contributed by atoms with Crippen LogP contribution in [0.15, 0.2) is 6.33 Å². The number of nitrogen functional groups attached to an aromatic ring is 1. The lowest BCUT2D eigenvalue weighted by Crippen LogP contribution is -2.24. The van der Waals surface area contributed by atoms with Gasteiger partial charge < -0.3 is 20.7 Å². The number of aryl methyl sites for hydroxylation is 1. The molecule has 8 nitrogen and oxygen atoms in total. The Balaban J connectivity index is 1.64. The average Bonchev–Trinajstić information content (AvgIpc) is 3.24. The first-order valence-electron chi connectivity index (χ1n) is 10.1. The summed E-state index contributed by atoms with van der Waals surface area (Å²) in [5.41, 5.74) is 7.24. The Labute approximate surface area is 159 Å². The van der Waals surface area contributed by atoms with Crippen molar-refractivity contribution in [3.63, 3.8) is 0 Å². The highest BCUT2D eigenvalue weighted by Gasteiger charge is 2.35. The summed E-state index contributed by atoms with van der Waals surface area (Å²) in [6, 6.07) is 0. The van der Waals surface area contributed by atoms with Crippen LogP contribution < -0.4 is 5.73 Å². The SMILES string of the molecule is CCCCCCCCCc1nc(N)c2ncn([C@H]3CC(O)[C@@H](CO)O3)c2n1. The molecule has 1 saturated heterocycles. The zero-order valence-corrected chi connectivity index (χ0v) is 16.0. The van der Waals surface area contributed by atoms with Crippen LogP contribution in [0.3, 0.4) is 0 Å². The molecule has 0 bridgehead atoms. The van der Waals surface area contributed by atoms with Crippen LogP contribution in [-0.4, -0.2) is 48.5 Å². The summed E-state index contributed by atoms with van der Waals surface area (Å²) < 4.78 is 7.50. The lowest BCUT2D eigenvalue weighted by Gasteiger charge is -2.14. The van der Waals surface area contributed by atoms with Gasteiger partial charge in [-0.3, -0.25) is 4.57 Å². The Hall–Kier alpha value is -1.77. The highest BCUT2D eigenvalue weighted by Crippen LogP contribution is 2.31. The van der Waals surface area contributed by atoms with E-state index in [-0.39, 0.29) is 6.61 Å². The van der Waals surface area contributed by atoms with E-state index in [2.05, 4.69) is 21.9 Å². The van der Waals surface area contributed by atoms with E-state index in [1.165, 1.54) is 38.5 Å². The molecule has 3 rings (SSSR count). The van der Waals surface area contributed by atoms with Crippen molar-refractivity contribution in [1.29, 1.82) is 0 Å². The van der Waals surface area contributed by atoms with Crippen molar-refractivity contribution >= 4 is 17.0 Å². The molecule has 150 valence electrons. The normalized spacial score (nSPS) is 22.7. The maximum Gasteiger partial charge on any atom is 0.167 e. The molecule has 1 aliphatic rings. The Morgan fingerprint density at radius 3 is 2.63 bits per heavy atom. The van der Waals surface area contributed by atoms with Gasteiger partial charge in [-0.05, 0) is 6.42 Å². The van der Waals surface area contributed by atoms with Crippen molar-refractivity contribution < 1.29 is 14.9 Å². The number of ether oxygens (including phenoxy) is 1. The fraction of sp³-hybridized carbons (Fsp3) is 0.737. The van der Waals surface area contributed by atoms with Gasteiger partial charge in [-0.25, -0.2) is 15.0 Å². The summed E-state index contributed by atoms with van der Waals surface area (Å²) in [6.07, 6.45) is 9.71. The number of unbranched alkanes of at least 4 members (excludes halogenated alkanes) is 6. The summed E-state index contributed by atoms with van der Waals surface area (Å²) in [5, 5.41) is 19.3. The topological polar surface area (TPSA) is 119 Å². The predicted octanol–water partition coefficient (Wildman–Crippen LogP) is 2.34. The highest BCUT2D eigenvalue weighted by molar-refractivity contribution is 5.81. The Morgan fingerprint density at radius 2 is 1.93 bits per heavy atom. The van der Waals surface area contributed by atoms with Crippen LogP contribution in [0.4, 0.5) is 5.82 Å². The molecule has 3 atom stereocenters. The fourth-order valence-corrected chi connectivity index (χ4v) is 3.60. The van der Waals surface area contributed by atoms with Crippen LogP contribution in [0.2, 0.25) is 0 Å². The third kappa shape index (κ3) is 4.75. The van der Waals surface area contributed by atoms with E-state index in [0.717, 1.165) is 12.8 Å². The van der Waals surface area contributed by atoms with Crippen LogP contribution in [0.5, 0.6) is 0 Å². The van der Waals surface area contributed by atoms with Crippen LogP contribution in [0.25, 0.3) is 11.2 Å². The Morgan fingerprint density at radius 1 is 1.19 bits per heavy atom. The number of nitrogens with two attached hydrogens (primary N) is 1. The number of anilines is 1. The minimum atomic E-state index is -0.705. The summed E-state index contributed by atoms with van der Waals surface area (Å²) >= 11 is 0. The average molecular weight is 377 g/mol. The van der Waals surface area contributed by atoms with Crippen LogP contribution >= 0.6 is 0 Å². The molecule has 1 fully saturated rings. The second kappa shape index (κ2) is 9.43. The largest absolute Gasteiger partial charge is 0.394 e. The van der Waals surface area contributed by atoms with Crippen molar-refractivity contribution in [3.8, 4) is 0 Å². The van der Waals surface area contributed by atoms with Gasteiger partial charge in [0.05, 0.1) is 19.0 Å². The van der Waals surface area contributed by atoms with E-state index in [1.807, 2.05) is 0 Å². The smallest absolute Gasteiger partial charge is 0.167 e. The molecule has 1 unspecified atom stereocenters. The predicted molar refractivity (Wildman–Crippen MR) is 103 cm³/mol. The van der Waals surface area contributed by atoms with Gasteiger partial charge in [0.25, 0.3) is 0 Å². The molecular formula is C19H31N5O3. The maximum absolute atomic E-state index is 9.98. The van der Waals surface area contributed by atoms with E-state index < -0.39 is 18.4 Å². The van der Waals surface area contributed by atoms with Crippen molar-refractivity contribution in [2.24, 2.45) is 0 Å². The van der Waals surface area contributed by atoms with Crippen LogP contribution in [0.1, 0.15) is 70.3 Å². The molecule has 3 heterocycles. The monoisotopic (exact) mass is 377 g/mol. The van der Waals surface area contributed by atoms with Gasteiger partial charge in [0, 0.05) is 12.8 Å². The molecule has 2 aromatic rings. The van der Waals surface area contributed by atoms with Gasteiger partial charge in [-0.15, -0.1) is 0 Å². The molecule has 4 N–H and O–H groups in total. The minimum Gasteiger partial charge on any atom is -0.394 e. The standard InChI is InChI=1S/C19H31N5O3/c1-2-3-4-5-6-7-8-9-15-22-18(20)17-19(23-15)24(12-21-17)16-10-13(26)14(11-25)27-16/h12-14,16,25-26H,2-11H2,1H3,(H2,20,22,23)/t13?,14-,16-/m1/s1. The van der Waals surface area contributed by atoms with Gasteiger partial charge in [-0.2, -0.15) is 0 Å². The van der Waals surface area contributed by atoms with Crippen LogP contribution in [0, 0.1) is 0 Å².